The second-order valence-electron chi connectivity index (χ2n) is 19.1. The van der Waals surface area contributed by atoms with Crippen LogP contribution >= 0.6 is 15.8 Å². The first-order chi connectivity index (χ1) is 37.3. The summed E-state index contributed by atoms with van der Waals surface area (Å²) >= 11 is 0. The molecule has 0 aliphatic heterocycles. The molecule has 0 aromatic heterocycles. The van der Waals surface area contributed by atoms with Crippen LogP contribution < -0.4 is 31.8 Å². The molecule has 0 atom stereocenters. The summed E-state index contributed by atoms with van der Waals surface area (Å²) in [6.45, 7) is 0. The Morgan fingerprint density at radius 2 is 0.453 bits per heavy atom. The minimum absolute atomic E-state index is 0.656. The molecule has 0 N–H and O–H groups in total. The van der Waals surface area contributed by atoms with Gasteiger partial charge >= 0.3 is 0 Å². The number of fused-ring (bicyclic) bond motifs is 3. The Hall–Kier alpha value is -8.50. The molecule has 13 rings (SSSR count). The van der Waals surface area contributed by atoms with Crippen molar-refractivity contribution in [3.05, 3.63) is 338 Å². The zero-order valence-electron chi connectivity index (χ0n) is 41.4. The highest BCUT2D eigenvalue weighted by Crippen LogP contribution is 2.57. The van der Waals surface area contributed by atoms with E-state index in [2.05, 4.69) is 315 Å². The molecule has 354 valence electrons. The molecule has 0 amide bonds. The fourth-order valence-corrected chi connectivity index (χ4v) is 17.1. The van der Waals surface area contributed by atoms with E-state index in [1.165, 1.54) is 110 Å². The molecule has 0 radical (unpaired) electrons. The first-order valence-electron chi connectivity index (χ1n) is 25.8. The number of hydrogen-bond acceptors (Lipinski definition) is 0. The van der Waals surface area contributed by atoms with Gasteiger partial charge in [0.25, 0.3) is 0 Å². The van der Waals surface area contributed by atoms with E-state index in [9.17, 15) is 0 Å². The summed E-state index contributed by atoms with van der Waals surface area (Å²) in [5.74, 6) is 0. The number of benzene rings is 12. The monoisotopic (exact) mass is 990 g/mol. The predicted molar refractivity (Wildman–Crippen MR) is 323 cm³/mol. The van der Waals surface area contributed by atoms with Gasteiger partial charge in [0.2, 0.25) is 0 Å². The smallest absolute Gasteiger partial charge is 0.0622 e. The Balaban J connectivity index is 1.08. The Kier molecular flexibility index (Phi) is 12.6. The highest BCUT2D eigenvalue weighted by atomic mass is 31.1. The fourth-order valence-electron chi connectivity index (χ4n) is 11.7. The second-order valence-corrected chi connectivity index (χ2v) is 23.4. The predicted octanol–water partition coefficient (Wildman–Crippen LogP) is 16.2. The standard InChI is InChI=1S/C73H52P2/c1-5-27-53(28-6-1)61-39-15-21-47-69(61)74(70-48-22-16-40-62(70)54-29-7-2-8-30-54)59-37-25-35-57(51-59)73(67-45-19-13-43-65(67)66-44-14-20-46-68(66)73)58-36-26-38-60(52-58)75(71-49-23-17-41-63(71)55-31-9-3-10-32-55)72-50-24-18-42-64(72)56-33-11-4-12-34-56/h1-52H. The molecule has 12 aromatic carbocycles. The van der Waals surface area contributed by atoms with Crippen LogP contribution in [0.25, 0.3) is 55.6 Å². The highest BCUT2D eigenvalue weighted by Gasteiger charge is 2.46. The van der Waals surface area contributed by atoms with Gasteiger partial charge in [-0.15, -0.1) is 0 Å². The van der Waals surface area contributed by atoms with Gasteiger partial charge in [-0.1, -0.05) is 303 Å². The lowest BCUT2D eigenvalue weighted by molar-refractivity contribution is 0.770. The van der Waals surface area contributed by atoms with Gasteiger partial charge in [-0.3, -0.25) is 0 Å². The Labute approximate surface area is 443 Å². The van der Waals surface area contributed by atoms with Crippen LogP contribution in [0.1, 0.15) is 22.3 Å². The minimum Gasteiger partial charge on any atom is -0.0622 e. The van der Waals surface area contributed by atoms with Crippen LogP contribution in [0.4, 0.5) is 0 Å². The van der Waals surface area contributed by atoms with Gasteiger partial charge in [-0.2, -0.15) is 0 Å². The van der Waals surface area contributed by atoms with Gasteiger partial charge in [-0.25, -0.2) is 0 Å². The Morgan fingerprint density at radius 1 is 0.200 bits per heavy atom. The van der Waals surface area contributed by atoms with Crippen molar-refractivity contribution in [2.75, 3.05) is 0 Å². The van der Waals surface area contributed by atoms with E-state index in [1.54, 1.807) is 0 Å². The molecule has 2 heteroatoms. The molecule has 0 nitrogen and oxygen atoms in total. The van der Waals surface area contributed by atoms with Crippen molar-refractivity contribution in [1.29, 1.82) is 0 Å². The summed E-state index contributed by atoms with van der Waals surface area (Å²) in [6.07, 6.45) is 0. The van der Waals surface area contributed by atoms with Crippen LogP contribution in [0.3, 0.4) is 0 Å². The van der Waals surface area contributed by atoms with E-state index in [0.29, 0.717) is 0 Å². The van der Waals surface area contributed by atoms with Crippen LogP contribution in [0.5, 0.6) is 0 Å². The summed E-state index contributed by atoms with van der Waals surface area (Å²) in [5, 5.41) is 7.96. The van der Waals surface area contributed by atoms with Crippen LogP contribution in [0.2, 0.25) is 0 Å². The molecule has 1 aliphatic rings. The molecule has 0 unspecified atom stereocenters. The first kappa shape index (κ1) is 46.3. The zero-order valence-corrected chi connectivity index (χ0v) is 43.2. The summed E-state index contributed by atoms with van der Waals surface area (Å²) in [7, 11) is -2.23. The van der Waals surface area contributed by atoms with Gasteiger partial charge in [0.1, 0.15) is 0 Å². The van der Waals surface area contributed by atoms with Crippen molar-refractivity contribution in [1.82, 2.24) is 0 Å². The molecule has 75 heavy (non-hydrogen) atoms. The first-order valence-corrected chi connectivity index (χ1v) is 28.5. The quantitative estimate of drug-likeness (QED) is 0.107. The van der Waals surface area contributed by atoms with Crippen LogP contribution in [0, 0.1) is 0 Å². The van der Waals surface area contributed by atoms with Crippen molar-refractivity contribution in [2.45, 2.75) is 5.41 Å². The molecule has 0 heterocycles. The van der Waals surface area contributed by atoms with Crippen molar-refractivity contribution in [3.63, 3.8) is 0 Å². The van der Waals surface area contributed by atoms with Gasteiger partial charge < -0.3 is 0 Å². The lowest BCUT2D eigenvalue weighted by Crippen LogP contribution is -2.32. The Bertz CT molecular complexity index is 3530. The maximum atomic E-state index is 2.58. The molecule has 0 bridgehead atoms. The summed E-state index contributed by atoms with van der Waals surface area (Å²) in [6, 6.07) is 118. The summed E-state index contributed by atoms with van der Waals surface area (Å²) in [5.41, 5.74) is 17.0. The molecule has 0 fully saturated rings. The third-order valence-corrected chi connectivity index (χ3v) is 20.0. The number of hydrogen-bond donors (Lipinski definition) is 0. The van der Waals surface area contributed by atoms with Gasteiger partial charge in [0.05, 0.1) is 5.41 Å². The lowest BCUT2D eigenvalue weighted by atomic mass is 9.68. The van der Waals surface area contributed by atoms with Crippen LogP contribution in [-0.2, 0) is 5.41 Å². The van der Waals surface area contributed by atoms with E-state index in [0.717, 1.165) is 0 Å². The molecule has 0 saturated heterocycles. The summed E-state index contributed by atoms with van der Waals surface area (Å²) < 4.78 is 0. The summed E-state index contributed by atoms with van der Waals surface area (Å²) in [4.78, 5) is 0. The van der Waals surface area contributed by atoms with E-state index >= 15 is 0 Å². The molecular weight excluding hydrogens is 939 g/mol. The third kappa shape index (κ3) is 8.38. The van der Waals surface area contributed by atoms with Crippen molar-refractivity contribution in [3.8, 4) is 55.6 Å². The van der Waals surface area contributed by atoms with Crippen molar-refractivity contribution in [2.24, 2.45) is 0 Å². The van der Waals surface area contributed by atoms with Gasteiger partial charge in [0.15, 0.2) is 0 Å². The average Bonchev–Trinajstić information content (AvgIpc) is 3.91. The van der Waals surface area contributed by atoms with Gasteiger partial charge in [-0.05, 0) is 138 Å². The molecule has 0 spiro atoms. The normalized spacial score (nSPS) is 12.3. The fraction of sp³-hybridized carbons (Fsp3) is 0.0137. The third-order valence-electron chi connectivity index (χ3n) is 14.9. The maximum Gasteiger partial charge on any atom is 0.0714 e. The minimum atomic E-state index is -1.12. The average molecular weight is 991 g/mol. The largest absolute Gasteiger partial charge is 0.0714 e. The lowest BCUT2D eigenvalue weighted by Gasteiger charge is -2.36. The molecule has 12 aromatic rings. The molecule has 1 aliphatic carbocycles. The maximum absolute atomic E-state index is 2.58. The van der Waals surface area contributed by atoms with E-state index in [-0.39, 0.29) is 0 Å². The SMILES string of the molecule is c1ccc(-c2ccccc2P(c2cccc(C3(c4cccc(P(c5ccccc5-c5ccccc5)c5ccccc5-c5ccccc5)c4)c4ccccc4-c4ccccc43)c2)c2ccccc2-c2ccccc2)cc1. The highest BCUT2D eigenvalue weighted by molar-refractivity contribution is 7.80. The van der Waals surface area contributed by atoms with Crippen molar-refractivity contribution < 1.29 is 0 Å². The van der Waals surface area contributed by atoms with Gasteiger partial charge in [0, 0.05) is 0 Å². The van der Waals surface area contributed by atoms with E-state index in [4.69, 9.17) is 0 Å². The Morgan fingerprint density at radius 3 is 0.760 bits per heavy atom. The topological polar surface area (TPSA) is 0 Å². The number of rotatable bonds is 12. The molecular formula is C73H52P2. The second kappa shape index (κ2) is 20.4. The van der Waals surface area contributed by atoms with Crippen molar-refractivity contribution >= 4 is 47.7 Å². The van der Waals surface area contributed by atoms with E-state index < -0.39 is 21.3 Å². The van der Waals surface area contributed by atoms with Crippen LogP contribution in [0.15, 0.2) is 315 Å². The molecule has 0 saturated carbocycles. The van der Waals surface area contributed by atoms with Crippen LogP contribution in [-0.4, -0.2) is 0 Å². The zero-order chi connectivity index (χ0) is 50.0. The van der Waals surface area contributed by atoms with E-state index in [1.807, 2.05) is 0 Å².